The summed E-state index contributed by atoms with van der Waals surface area (Å²) < 4.78 is 4.68. The smallest absolute Gasteiger partial charge is 0.357 e. The standard InChI is InChI=1S/C11H16N2O2/c1-6(2)10-12-8(4)7(3)9(13-10)11(14)15-5/h6H,1-5H3. The maximum absolute atomic E-state index is 11.4. The molecule has 0 amide bonds. The monoisotopic (exact) mass is 208 g/mol. The van der Waals surface area contributed by atoms with Gasteiger partial charge in [-0.1, -0.05) is 13.8 Å². The first-order valence-corrected chi connectivity index (χ1v) is 4.90. The van der Waals surface area contributed by atoms with Crippen LogP contribution in [0.15, 0.2) is 0 Å². The van der Waals surface area contributed by atoms with Gasteiger partial charge in [0.15, 0.2) is 5.69 Å². The molecule has 0 spiro atoms. The van der Waals surface area contributed by atoms with Gasteiger partial charge in [-0.2, -0.15) is 0 Å². The Balaban J connectivity index is 3.31. The summed E-state index contributed by atoms with van der Waals surface area (Å²) in [7, 11) is 1.36. The van der Waals surface area contributed by atoms with Gasteiger partial charge in [0.1, 0.15) is 5.82 Å². The fraction of sp³-hybridized carbons (Fsp3) is 0.545. The molecular formula is C11H16N2O2. The first-order valence-electron chi connectivity index (χ1n) is 4.90. The van der Waals surface area contributed by atoms with Crippen molar-refractivity contribution in [3.63, 3.8) is 0 Å². The molecule has 1 aromatic heterocycles. The number of carbonyl (C=O) groups is 1. The van der Waals surface area contributed by atoms with Gasteiger partial charge < -0.3 is 4.74 Å². The van der Waals surface area contributed by atoms with Crippen LogP contribution in [-0.4, -0.2) is 23.0 Å². The Labute approximate surface area is 89.7 Å². The summed E-state index contributed by atoms with van der Waals surface area (Å²) in [4.78, 5) is 20.0. The van der Waals surface area contributed by atoms with Gasteiger partial charge in [0.05, 0.1) is 7.11 Å². The zero-order valence-corrected chi connectivity index (χ0v) is 9.79. The topological polar surface area (TPSA) is 52.1 Å². The second-order valence-electron chi connectivity index (χ2n) is 3.79. The van der Waals surface area contributed by atoms with Gasteiger partial charge in [-0.15, -0.1) is 0 Å². The highest BCUT2D eigenvalue weighted by Gasteiger charge is 2.16. The Kier molecular flexibility index (Phi) is 3.39. The van der Waals surface area contributed by atoms with Gasteiger partial charge in [-0.25, -0.2) is 14.8 Å². The SMILES string of the molecule is COC(=O)c1nc(C(C)C)nc(C)c1C. The van der Waals surface area contributed by atoms with Crippen LogP contribution in [0.4, 0.5) is 0 Å². The van der Waals surface area contributed by atoms with Crippen molar-refractivity contribution in [2.45, 2.75) is 33.6 Å². The zero-order chi connectivity index (χ0) is 11.6. The highest BCUT2D eigenvalue weighted by molar-refractivity contribution is 5.88. The van der Waals surface area contributed by atoms with E-state index in [0.717, 1.165) is 11.3 Å². The summed E-state index contributed by atoms with van der Waals surface area (Å²) in [5, 5.41) is 0. The molecule has 4 heteroatoms. The highest BCUT2D eigenvalue weighted by atomic mass is 16.5. The number of methoxy groups -OCH3 is 1. The van der Waals surface area contributed by atoms with Gasteiger partial charge in [0, 0.05) is 17.2 Å². The van der Waals surface area contributed by atoms with E-state index < -0.39 is 5.97 Å². The second kappa shape index (κ2) is 4.38. The number of rotatable bonds is 2. The van der Waals surface area contributed by atoms with E-state index in [4.69, 9.17) is 0 Å². The summed E-state index contributed by atoms with van der Waals surface area (Å²) in [5.74, 6) is 0.478. The lowest BCUT2D eigenvalue weighted by Gasteiger charge is -2.10. The minimum atomic E-state index is -0.403. The molecule has 0 N–H and O–H groups in total. The minimum absolute atomic E-state index is 0.202. The molecule has 0 unspecified atom stereocenters. The average molecular weight is 208 g/mol. The Bertz CT molecular complexity index is 386. The first kappa shape index (κ1) is 11.6. The molecule has 0 aliphatic carbocycles. The highest BCUT2D eigenvalue weighted by Crippen LogP contribution is 2.15. The van der Waals surface area contributed by atoms with E-state index in [1.54, 1.807) is 0 Å². The maximum atomic E-state index is 11.4. The van der Waals surface area contributed by atoms with Crippen LogP contribution in [0.3, 0.4) is 0 Å². The van der Waals surface area contributed by atoms with Crippen LogP contribution in [0.1, 0.15) is 47.3 Å². The molecule has 0 bridgehead atoms. The van der Waals surface area contributed by atoms with Crippen LogP contribution in [0, 0.1) is 13.8 Å². The Morgan fingerprint density at radius 2 is 1.87 bits per heavy atom. The lowest BCUT2D eigenvalue weighted by molar-refractivity contribution is 0.0592. The van der Waals surface area contributed by atoms with E-state index in [1.807, 2.05) is 27.7 Å². The van der Waals surface area contributed by atoms with Crippen LogP contribution in [0.25, 0.3) is 0 Å². The molecule has 82 valence electrons. The van der Waals surface area contributed by atoms with Crippen molar-refractivity contribution in [2.75, 3.05) is 7.11 Å². The van der Waals surface area contributed by atoms with Gasteiger partial charge >= 0.3 is 5.97 Å². The summed E-state index contributed by atoms with van der Waals surface area (Å²) in [6, 6.07) is 0. The summed E-state index contributed by atoms with van der Waals surface area (Å²) in [6.45, 7) is 7.68. The first-order chi connectivity index (χ1) is 6.97. The summed E-state index contributed by atoms with van der Waals surface area (Å²) in [6.07, 6.45) is 0. The van der Waals surface area contributed by atoms with Crippen LogP contribution < -0.4 is 0 Å². The lowest BCUT2D eigenvalue weighted by atomic mass is 10.1. The summed E-state index contributed by atoms with van der Waals surface area (Å²) in [5.41, 5.74) is 1.98. The minimum Gasteiger partial charge on any atom is -0.464 e. The van der Waals surface area contributed by atoms with Gasteiger partial charge in [-0.3, -0.25) is 0 Å². The summed E-state index contributed by atoms with van der Waals surface area (Å²) >= 11 is 0. The molecule has 0 radical (unpaired) electrons. The Morgan fingerprint density at radius 1 is 1.27 bits per heavy atom. The van der Waals surface area contributed by atoms with E-state index >= 15 is 0 Å². The molecule has 0 fully saturated rings. The second-order valence-corrected chi connectivity index (χ2v) is 3.79. The number of hydrogen-bond donors (Lipinski definition) is 0. The van der Waals surface area contributed by atoms with Crippen LogP contribution >= 0.6 is 0 Å². The fourth-order valence-corrected chi connectivity index (χ4v) is 1.20. The molecule has 1 heterocycles. The number of carbonyl (C=O) groups excluding carboxylic acids is 1. The molecule has 0 aliphatic heterocycles. The predicted octanol–water partition coefficient (Wildman–Crippen LogP) is 2.00. The van der Waals surface area contributed by atoms with Gasteiger partial charge in [-0.05, 0) is 13.8 Å². The number of aromatic nitrogens is 2. The van der Waals surface area contributed by atoms with Gasteiger partial charge in [0.25, 0.3) is 0 Å². The van der Waals surface area contributed by atoms with Gasteiger partial charge in [0.2, 0.25) is 0 Å². The molecule has 0 saturated heterocycles. The van der Waals surface area contributed by atoms with Crippen molar-refractivity contribution in [2.24, 2.45) is 0 Å². The molecule has 0 saturated carbocycles. The molecule has 15 heavy (non-hydrogen) atoms. The molecule has 4 nitrogen and oxygen atoms in total. The number of aryl methyl sites for hydroxylation is 1. The van der Waals surface area contributed by atoms with E-state index in [0.29, 0.717) is 11.5 Å². The predicted molar refractivity (Wildman–Crippen MR) is 56.9 cm³/mol. The Morgan fingerprint density at radius 3 is 2.33 bits per heavy atom. The van der Waals surface area contributed by atoms with Crippen molar-refractivity contribution in [3.8, 4) is 0 Å². The van der Waals surface area contributed by atoms with E-state index in [9.17, 15) is 4.79 Å². The van der Waals surface area contributed by atoms with Crippen LogP contribution in [-0.2, 0) is 4.74 Å². The normalized spacial score (nSPS) is 10.5. The largest absolute Gasteiger partial charge is 0.464 e. The quantitative estimate of drug-likeness (QED) is 0.697. The average Bonchev–Trinajstić information content (AvgIpc) is 2.20. The van der Waals surface area contributed by atoms with Crippen LogP contribution in [0.5, 0.6) is 0 Å². The van der Waals surface area contributed by atoms with Crippen molar-refractivity contribution in [1.82, 2.24) is 9.97 Å². The number of nitrogens with zero attached hydrogens (tertiary/aromatic N) is 2. The maximum Gasteiger partial charge on any atom is 0.357 e. The number of ether oxygens (including phenoxy) is 1. The molecule has 0 atom stereocenters. The molecular weight excluding hydrogens is 192 g/mol. The molecule has 0 aliphatic rings. The third kappa shape index (κ3) is 2.32. The third-order valence-electron chi connectivity index (χ3n) is 2.30. The van der Waals surface area contributed by atoms with E-state index in [-0.39, 0.29) is 5.92 Å². The molecule has 1 rings (SSSR count). The van der Waals surface area contributed by atoms with Crippen molar-refractivity contribution < 1.29 is 9.53 Å². The van der Waals surface area contributed by atoms with E-state index in [1.165, 1.54) is 7.11 Å². The Hall–Kier alpha value is -1.45. The zero-order valence-electron chi connectivity index (χ0n) is 9.79. The lowest BCUT2D eigenvalue weighted by Crippen LogP contribution is -2.13. The third-order valence-corrected chi connectivity index (χ3v) is 2.30. The van der Waals surface area contributed by atoms with Crippen LogP contribution in [0.2, 0.25) is 0 Å². The molecule has 0 aromatic carbocycles. The number of hydrogen-bond acceptors (Lipinski definition) is 4. The molecule has 1 aromatic rings. The fourth-order valence-electron chi connectivity index (χ4n) is 1.20. The van der Waals surface area contributed by atoms with Crippen molar-refractivity contribution in [3.05, 3.63) is 22.8 Å². The van der Waals surface area contributed by atoms with Crippen molar-refractivity contribution in [1.29, 1.82) is 0 Å². The number of esters is 1. The van der Waals surface area contributed by atoms with Crippen molar-refractivity contribution >= 4 is 5.97 Å². The van der Waals surface area contributed by atoms with E-state index in [2.05, 4.69) is 14.7 Å².